The summed E-state index contributed by atoms with van der Waals surface area (Å²) in [6.07, 6.45) is 7.50. The van der Waals surface area contributed by atoms with E-state index in [1.165, 1.54) is 45.2 Å². The number of rotatable bonds is 1. The second kappa shape index (κ2) is 4.19. The largest absolute Gasteiger partial charge is 0.302 e. The molecule has 0 aromatic heterocycles. The summed E-state index contributed by atoms with van der Waals surface area (Å²) in [6.45, 7) is 7.23. The molecule has 2 rings (SSSR count). The number of nitrogens with one attached hydrogen (secondary N) is 2. The van der Waals surface area contributed by atoms with Gasteiger partial charge in [-0.05, 0) is 56.5 Å². The van der Waals surface area contributed by atoms with E-state index in [4.69, 9.17) is 0 Å². The second-order valence-corrected chi connectivity index (χ2v) is 5.74. The van der Waals surface area contributed by atoms with Gasteiger partial charge in [-0.1, -0.05) is 13.8 Å². The molecule has 1 aliphatic carbocycles. The van der Waals surface area contributed by atoms with Crippen molar-refractivity contribution in [3.05, 3.63) is 0 Å². The lowest BCUT2D eigenvalue weighted by molar-refractivity contribution is 0.140. The summed E-state index contributed by atoms with van der Waals surface area (Å²) in [5.41, 5.74) is 0.602. The molecule has 0 bridgehead atoms. The van der Waals surface area contributed by atoms with Crippen molar-refractivity contribution in [3.8, 4) is 0 Å². The maximum absolute atomic E-state index is 3.61. The third-order valence-corrected chi connectivity index (χ3v) is 3.94. The molecule has 0 amide bonds. The second-order valence-electron chi connectivity index (χ2n) is 5.74. The van der Waals surface area contributed by atoms with Gasteiger partial charge in [0.1, 0.15) is 0 Å². The first-order chi connectivity index (χ1) is 6.67. The number of hydrogen-bond acceptors (Lipinski definition) is 2. The first-order valence-corrected chi connectivity index (χ1v) is 6.14. The van der Waals surface area contributed by atoms with E-state index >= 15 is 0 Å². The Bertz CT molecular complexity index is 173. The average molecular weight is 196 g/mol. The predicted octanol–water partition coefficient (Wildman–Crippen LogP) is 2.11. The molecule has 1 saturated heterocycles. The third kappa shape index (κ3) is 2.48. The van der Waals surface area contributed by atoms with Crippen molar-refractivity contribution in [2.24, 2.45) is 11.3 Å². The lowest BCUT2D eigenvalue weighted by Gasteiger charge is -2.40. The van der Waals surface area contributed by atoms with Crippen LogP contribution in [0.5, 0.6) is 0 Å². The van der Waals surface area contributed by atoms with Gasteiger partial charge in [0.15, 0.2) is 0 Å². The molecule has 2 heteroatoms. The van der Waals surface area contributed by atoms with Crippen LogP contribution in [0.3, 0.4) is 0 Å². The molecule has 14 heavy (non-hydrogen) atoms. The minimum atomic E-state index is 0.602. The van der Waals surface area contributed by atoms with E-state index in [9.17, 15) is 0 Å². The first kappa shape index (κ1) is 10.4. The van der Waals surface area contributed by atoms with E-state index in [0.717, 1.165) is 5.92 Å². The van der Waals surface area contributed by atoms with Crippen molar-refractivity contribution < 1.29 is 0 Å². The molecule has 2 aliphatic rings. The fourth-order valence-corrected chi connectivity index (χ4v) is 2.76. The molecule has 1 heterocycles. The summed E-state index contributed by atoms with van der Waals surface area (Å²) < 4.78 is 0. The summed E-state index contributed by atoms with van der Waals surface area (Å²) >= 11 is 0. The fourth-order valence-electron chi connectivity index (χ4n) is 2.76. The van der Waals surface area contributed by atoms with Crippen LogP contribution in [0.1, 0.15) is 46.0 Å². The van der Waals surface area contributed by atoms with E-state index in [0.29, 0.717) is 11.6 Å². The van der Waals surface area contributed by atoms with Gasteiger partial charge < -0.3 is 10.6 Å². The van der Waals surface area contributed by atoms with Crippen molar-refractivity contribution in [2.75, 3.05) is 13.1 Å². The molecule has 2 N–H and O–H groups in total. The van der Waals surface area contributed by atoms with Crippen molar-refractivity contribution >= 4 is 0 Å². The Balaban J connectivity index is 1.82. The molecule has 1 aliphatic heterocycles. The normalized spacial score (nSPS) is 30.4. The topological polar surface area (TPSA) is 24.1 Å². The van der Waals surface area contributed by atoms with E-state index in [1.54, 1.807) is 0 Å². The molecule has 0 radical (unpaired) electrons. The quantitative estimate of drug-likeness (QED) is 0.671. The van der Waals surface area contributed by atoms with Gasteiger partial charge in [0.2, 0.25) is 0 Å². The van der Waals surface area contributed by atoms with Gasteiger partial charge in [-0.25, -0.2) is 0 Å². The third-order valence-electron chi connectivity index (χ3n) is 3.94. The van der Waals surface area contributed by atoms with E-state index in [2.05, 4.69) is 24.5 Å². The van der Waals surface area contributed by atoms with Crippen LogP contribution in [0, 0.1) is 11.3 Å². The highest BCUT2D eigenvalue weighted by atomic mass is 15.1. The maximum atomic E-state index is 3.61. The van der Waals surface area contributed by atoms with Crippen molar-refractivity contribution in [1.82, 2.24) is 10.6 Å². The summed E-state index contributed by atoms with van der Waals surface area (Å²) in [6, 6.07) is 0. The molecule has 0 aromatic rings. The highest BCUT2D eigenvalue weighted by Gasteiger charge is 2.31. The van der Waals surface area contributed by atoms with Gasteiger partial charge in [-0.2, -0.15) is 0 Å². The number of hydrogen-bond donors (Lipinski definition) is 2. The molecule has 0 atom stereocenters. The van der Waals surface area contributed by atoms with E-state index < -0.39 is 0 Å². The Morgan fingerprint density at radius 1 is 1.00 bits per heavy atom. The summed E-state index contributed by atoms with van der Waals surface area (Å²) in [5, 5.41) is 7.21. The zero-order valence-corrected chi connectivity index (χ0v) is 9.60. The molecule has 0 spiro atoms. The summed E-state index contributed by atoms with van der Waals surface area (Å²) in [4.78, 5) is 0. The lowest BCUT2D eigenvalue weighted by Crippen LogP contribution is -2.53. The van der Waals surface area contributed by atoms with Crippen LogP contribution in [-0.2, 0) is 0 Å². The highest BCUT2D eigenvalue weighted by molar-refractivity contribution is 4.85. The summed E-state index contributed by atoms with van der Waals surface area (Å²) in [5.74, 6) is 0.878. The van der Waals surface area contributed by atoms with Crippen LogP contribution in [0.4, 0.5) is 0 Å². The molecule has 82 valence electrons. The standard InChI is InChI=1S/C12H24N2/c1-12(2)6-4-10(5-7-12)11-13-8-3-9-14-11/h10-11,13-14H,3-9H2,1-2H3. The maximum Gasteiger partial charge on any atom is 0.0600 e. The predicted molar refractivity (Wildman–Crippen MR) is 60.1 cm³/mol. The smallest absolute Gasteiger partial charge is 0.0600 e. The fraction of sp³-hybridized carbons (Fsp3) is 1.00. The van der Waals surface area contributed by atoms with Crippen molar-refractivity contribution in [1.29, 1.82) is 0 Å². The van der Waals surface area contributed by atoms with Gasteiger partial charge >= 0.3 is 0 Å². The SMILES string of the molecule is CC1(C)CCC(C2NCCCN2)CC1. The minimum absolute atomic E-state index is 0.602. The molecule has 2 nitrogen and oxygen atoms in total. The molecule has 0 unspecified atom stereocenters. The highest BCUT2D eigenvalue weighted by Crippen LogP contribution is 2.38. The van der Waals surface area contributed by atoms with E-state index in [-0.39, 0.29) is 0 Å². The van der Waals surface area contributed by atoms with Gasteiger partial charge in [-0.3, -0.25) is 0 Å². The minimum Gasteiger partial charge on any atom is -0.302 e. The zero-order valence-electron chi connectivity index (χ0n) is 9.60. The van der Waals surface area contributed by atoms with Crippen molar-refractivity contribution in [3.63, 3.8) is 0 Å². The van der Waals surface area contributed by atoms with Crippen LogP contribution in [-0.4, -0.2) is 19.3 Å². The van der Waals surface area contributed by atoms with Crippen LogP contribution >= 0.6 is 0 Å². The summed E-state index contributed by atoms with van der Waals surface area (Å²) in [7, 11) is 0. The Morgan fingerprint density at radius 3 is 2.14 bits per heavy atom. The Labute approximate surface area is 87.8 Å². The van der Waals surface area contributed by atoms with Crippen molar-refractivity contribution in [2.45, 2.75) is 52.1 Å². The zero-order chi connectivity index (χ0) is 10.0. The van der Waals surface area contributed by atoms with Crippen LogP contribution in [0.25, 0.3) is 0 Å². The first-order valence-electron chi connectivity index (χ1n) is 6.14. The average Bonchev–Trinajstić information content (AvgIpc) is 2.19. The molecular weight excluding hydrogens is 172 g/mol. The van der Waals surface area contributed by atoms with Gasteiger partial charge in [0.25, 0.3) is 0 Å². The van der Waals surface area contributed by atoms with Gasteiger partial charge in [0, 0.05) is 0 Å². The van der Waals surface area contributed by atoms with E-state index in [1.807, 2.05) is 0 Å². The van der Waals surface area contributed by atoms with Crippen LogP contribution < -0.4 is 10.6 Å². The monoisotopic (exact) mass is 196 g/mol. The Hall–Kier alpha value is -0.0800. The Kier molecular flexibility index (Phi) is 3.13. The van der Waals surface area contributed by atoms with Gasteiger partial charge in [-0.15, -0.1) is 0 Å². The molecule has 2 fully saturated rings. The Morgan fingerprint density at radius 2 is 1.57 bits per heavy atom. The lowest BCUT2D eigenvalue weighted by atomic mass is 9.72. The molecule has 1 saturated carbocycles. The van der Waals surface area contributed by atoms with Crippen LogP contribution in [0.2, 0.25) is 0 Å². The molecule has 0 aromatic carbocycles. The molecular formula is C12H24N2. The van der Waals surface area contributed by atoms with Crippen LogP contribution in [0.15, 0.2) is 0 Å². The van der Waals surface area contributed by atoms with Gasteiger partial charge in [0.05, 0.1) is 6.17 Å².